The van der Waals surface area contributed by atoms with Crippen molar-refractivity contribution in [2.75, 3.05) is 0 Å². The van der Waals surface area contributed by atoms with Crippen molar-refractivity contribution >= 4 is 32.3 Å². The second kappa shape index (κ2) is 9.78. The molecule has 8 aromatic carbocycles. The number of hydrogen-bond acceptors (Lipinski definition) is 0. The molecule has 0 aromatic heterocycles. The van der Waals surface area contributed by atoms with Crippen LogP contribution in [0.4, 0.5) is 0 Å². The van der Waals surface area contributed by atoms with E-state index in [1.165, 1.54) is 88.0 Å². The molecule has 0 radical (unpaired) electrons. The van der Waals surface area contributed by atoms with E-state index >= 15 is 0 Å². The van der Waals surface area contributed by atoms with E-state index in [2.05, 4.69) is 172 Å². The molecule has 212 valence electrons. The van der Waals surface area contributed by atoms with Crippen molar-refractivity contribution in [3.63, 3.8) is 0 Å². The zero-order chi connectivity index (χ0) is 30.1. The molecule has 0 nitrogen and oxygen atoms in total. The average Bonchev–Trinajstić information content (AvgIpc) is 3.33. The normalized spacial score (nSPS) is 13.3. The lowest BCUT2D eigenvalue weighted by Crippen LogP contribution is -2.16. The first kappa shape index (κ1) is 26.0. The first-order valence-electron chi connectivity index (χ1n) is 15.9. The van der Waals surface area contributed by atoms with Crippen LogP contribution in [0, 0.1) is 0 Å². The van der Waals surface area contributed by atoms with Crippen molar-refractivity contribution < 1.29 is 0 Å². The predicted octanol–water partition coefficient (Wildman–Crippen LogP) is 12.5. The fourth-order valence-corrected chi connectivity index (χ4v) is 8.16. The second-order valence-corrected chi connectivity index (χ2v) is 12.8. The Morgan fingerprint density at radius 1 is 0.333 bits per heavy atom. The van der Waals surface area contributed by atoms with Gasteiger partial charge in [0.1, 0.15) is 0 Å². The number of rotatable bonds is 3. The maximum absolute atomic E-state index is 2.39. The Hall–Kier alpha value is -5.46. The lowest BCUT2D eigenvalue weighted by atomic mass is 9.76. The van der Waals surface area contributed by atoms with Crippen molar-refractivity contribution in [3.8, 4) is 44.5 Å². The topological polar surface area (TPSA) is 0 Å². The highest BCUT2D eigenvalue weighted by Gasteiger charge is 2.38. The largest absolute Gasteiger partial charge is 0.0622 e. The molecular weight excluding hydrogens is 540 g/mol. The quantitative estimate of drug-likeness (QED) is 0.185. The summed E-state index contributed by atoms with van der Waals surface area (Å²) in [6, 6.07) is 58.3. The van der Waals surface area contributed by atoms with E-state index < -0.39 is 0 Å². The van der Waals surface area contributed by atoms with Gasteiger partial charge in [0.2, 0.25) is 0 Å². The lowest BCUT2D eigenvalue weighted by Gasteiger charge is -2.26. The molecule has 0 unspecified atom stereocenters. The van der Waals surface area contributed by atoms with Gasteiger partial charge in [-0.2, -0.15) is 0 Å². The molecule has 9 rings (SSSR count). The Balaban J connectivity index is 1.43. The average molecular weight is 573 g/mol. The molecule has 0 spiro atoms. The highest BCUT2D eigenvalue weighted by molar-refractivity contribution is 6.24. The zero-order valence-corrected chi connectivity index (χ0v) is 25.5. The fourth-order valence-electron chi connectivity index (χ4n) is 8.16. The third-order valence-corrected chi connectivity index (χ3v) is 10.0. The minimum Gasteiger partial charge on any atom is -0.0622 e. The van der Waals surface area contributed by atoms with Crippen LogP contribution in [0.1, 0.15) is 25.0 Å². The van der Waals surface area contributed by atoms with Crippen LogP contribution in [-0.2, 0) is 5.41 Å². The van der Waals surface area contributed by atoms with Gasteiger partial charge in [0.15, 0.2) is 0 Å². The summed E-state index contributed by atoms with van der Waals surface area (Å²) in [5.74, 6) is 0. The fraction of sp³-hybridized carbons (Fsp3) is 0.0667. The standard InChI is InChI=1S/C45H32/c1-45(2)40-26-13-12-19-32(40)37-24-14-25-39(44(37)45)43-35-22-10-8-20-33(35)42(34-21-9-11-23-36(34)43)38-28-27-29-15-6-7-18-31(29)41(38)30-16-4-3-5-17-30/h3-28H,1-2H3. The third kappa shape index (κ3) is 3.72. The molecule has 0 N–H and O–H groups in total. The van der Waals surface area contributed by atoms with Crippen molar-refractivity contribution in [3.05, 3.63) is 169 Å². The summed E-state index contributed by atoms with van der Waals surface area (Å²) in [6.07, 6.45) is 0. The molecule has 0 saturated heterocycles. The molecule has 1 aliphatic carbocycles. The maximum atomic E-state index is 2.39. The monoisotopic (exact) mass is 572 g/mol. The molecule has 1 aliphatic rings. The van der Waals surface area contributed by atoms with Crippen LogP contribution >= 0.6 is 0 Å². The van der Waals surface area contributed by atoms with Crippen LogP contribution < -0.4 is 0 Å². The van der Waals surface area contributed by atoms with E-state index in [0.717, 1.165) is 0 Å². The van der Waals surface area contributed by atoms with Gasteiger partial charge in [0, 0.05) is 5.41 Å². The van der Waals surface area contributed by atoms with E-state index in [4.69, 9.17) is 0 Å². The second-order valence-electron chi connectivity index (χ2n) is 12.8. The van der Waals surface area contributed by atoms with Gasteiger partial charge in [-0.25, -0.2) is 0 Å². The Kier molecular flexibility index (Phi) is 5.64. The van der Waals surface area contributed by atoms with Gasteiger partial charge in [0.25, 0.3) is 0 Å². The summed E-state index contributed by atoms with van der Waals surface area (Å²) in [4.78, 5) is 0. The summed E-state index contributed by atoms with van der Waals surface area (Å²) in [5.41, 5.74) is 13.2. The van der Waals surface area contributed by atoms with E-state index in [-0.39, 0.29) is 5.41 Å². The Bertz CT molecular complexity index is 2390. The lowest BCUT2D eigenvalue weighted by molar-refractivity contribution is 0.662. The molecule has 0 fully saturated rings. The van der Waals surface area contributed by atoms with Gasteiger partial charge in [0.05, 0.1) is 0 Å². The molecule has 0 heterocycles. The minimum absolute atomic E-state index is 0.109. The van der Waals surface area contributed by atoms with E-state index in [1.54, 1.807) is 0 Å². The zero-order valence-electron chi connectivity index (χ0n) is 25.5. The highest BCUT2D eigenvalue weighted by Crippen LogP contribution is 2.55. The molecule has 0 atom stereocenters. The van der Waals surface area contributed by atoms with Gasteiger partial charge < -0.3 is 0 Å². The van der Waals surface area contributed by atoms with Gasteiger partial charge in [-0.3, -0.25) is 0 Å². The molecule has 0 saturated carbocycles. The Morgan fingerprint density at radius 2 is 0.844 bits per heavy atom. The van der Waals surface area contributed by atoms with Crippen molar-refractivity contribution in [2.24, 2.45) is 0 Å². The summed E-state index contributed by atoms with van der Waals surface area (Å²) < 4.78 is 0. The number of benzene rings is 8. The van der Waals surface area contributed by atoms with Crippen molar-refractivity contribution in [1.82, 2.24) is 0 Å². The summed E-state index contributed by atoms with van der Waals surface area (Å²) >= 11 is 0. The van der Waals surface area contributed by atoms with Gasteiger partial charge >= 0.3 is 0 Å². The molecule has 0 amide bonds. The van der Waals surface area contributed by atoms with Crippen molar-refractivity contribution in [2.45, 2.75) is 19.3 Å². The SMILES string of the molecule is CC1(C)c2ccccc2-c2cccc(-c3c4ccccc4c(-c4ccc5ccccc5c4-c4ccccc4)c4ccccc34)c21. The summed E-state index contributed by atoms with van der Waals surface area (Å²) in [7, 11) is 0. The van der Waals surface area contributed by atoms with Crippen molar-refractivity contribution in [1.29, 1.82) is 0 Å². The summed E-state index contributed by atoms with van der Waals surface area (Å²) in [6.45, 7) is 4.78. The first-order valence-corrected chi connectivity index (χ1v) is 15.9. The van der Waals surface area contributed by atoms with Gasteiger partial charge in [-0.15, -0.1) is 0 Å². The van der Waals surface area contributed by atoms with E-state index in [9.17, 15) is 0 Å². The highest BCUT2D eigenvalue weighted by atomic mass is 14.4. The summed E-state index contributed by atoms with van der Waals surface area (Å²) in [5, 5.41) is 7.68. The Labute approximate surface area is 264 Å². The molecule has 0 bridgehead atoms. The van der Waals surface area contributed by atoms with Crippen LogP contribution in [0.25, 0.3) is 76.8 Å². The van der Waals surface area contributed by atoms with E-state index in [1.807, 2.05) is 0 Å². The van der Waals surface area contributed by atoms with Crippen LogP contribution in [-0.4, -0.2) is 0 Å². The smallest absolute Gasteiger partial charge is 0.0165 e. The molecular formula is C45H32. The first-order chi connectivity index (χ1) is 22.1. The molecule has 8 aromatic rings. The van der Waals surface area contributed by atoms with Crippen LogP contribution in [0.2, 0.25) is 0 Å². The minimum atomic E-state index is -0.109. The molecule has 0 heteroatoms. The predicted molar refractivity (Wildman–Crippen MR) is 193 cm³/mol. The number of fused-ring (bicyclic) bond motifs is 6. The van der Waals surface area contributed by atoms with Crippen LogP contribution in [0.5, 0.6) is 0 Å². The van der Waals surface area contributed by atoms with Gasteiger partial charge in [-0.1, -0.05) is 172 Å². The maximum Gasteiger partial charge on any atom is 0.0165 e. The van der Waals surface area contributed by atoms with Gasteiger partial charge in [-0.05, 0) is 88.0 Å². The molecule has 0 aliphatic heterocycles. The van der Waals surface area contributed by atoms with Crippen LogP contribution in [0.15, 0.2) is 158 Å². The van der Waals surface area contributed by atoms with Crippen LogP contribution in [0.3, 0.4) is 0 Å². The Morgan fingerprint density at radius 3 is 1.53 bits per heavy atom. The third-order valence-electron chi connectivity index (χ3n) is 10.0. The number of hydrogen-bond donors (Lipinski definition) is 0. The molecule has 45 heavy (non-hydrogen) atoms. The van der Waals surface area contributed by atoms with E-state index in [0.29, 0.717) is 0 Å².